The Bertz CT molecular complexity index is 1300. The Morgan fingerprint density at radius 1 is 1.03 bits per heavy atom. The molecule has 0 atom stereocenters. The van der Waals surface area contributed by atoms with Crippen LogP contribution >= 0.6 is 0 Å². The number of carbonyl (C=O) groups excluding carboxylic acids is 2. The molecule has 3 aromatic carbocycles. The fourth-order valence-corrected chi connectivity index (χ4v) is 3.76. The van der Waals surface area contributed by atoms with Crippen LogP contribution < -0.4 is 0 Å². The maximum absolute atomic E-state index is 13.0. The minimum atomic E-state index is -1.33. The summed E-state index contributed by atoms with van der Waals surface area (Å²) in [5.74, 6) is -2.94. The molecule has 6 nitrogen and oxygen atoms in total. The predicted molar refractivity (Wildman–Crippen MR) is 112 cm³/mol. The molecule has 1 heterocycles. The number of nitriles is 1. The third kappa shape index (κ3) is 3.03. The summed E-state index contributed by atoms with van der Waals surface area (Å²) in [6.45, 7) is 0.732. The second-order valence-corrected chi connectivity index (χ2v) is 6.99. The van der Waals surface area contributed by atoms with E-state index >= 15 is 0 Å². The van der Waals surface area contributed by atoms with Gasteiger partial charge in [-0.15, -0.1) is 0 Å². The summed E-state index contributed by atoms with van der Waals surface area (Å²) < 4.78 is 0. The van der Waals surface area contributed by atoms with Crippen LogP contribution in [-0.4, -0.2) is 34.3 Å². The van der Waals surface area contributed by atoms with Gasteiger partial charge in [-0.25, -0.2) is 0 Å². The van der Waals surface area contributed by atoms with Crippen molar-refractivity contribution < 1.29 is 19.5 Å². The average Bonchev–Trinajstić information content (AvgIpc) is 2.73. The molecule has 0 radical (unpaired) electrons. The lowest BCUT2D eigenvalue weighted by molar-refractivity contribution is -0.149. The van der Waals surface area contributed by atoms with Gasteiger partial charge in [-0.3, -0.25) is 19.3 Å². The molecule has 146 valence electrons. The van der Waals surface area contributed by atoms with Crippen LogP contribution in [0.5, 0.6) is 0 Å². The third-order valence-corrected chi connectivity index (χ3v) is 5.22. The fourth-order valence-electron chi connectivity index (χ4n) is 3.76. The van der Waals surface area contributed by atoms with Crippen molar-refractivity contribution in [2.45, 2.75) is 6.92 Å². The summed E-state index contributed by atoms with van der Waals surface area (Å²) in [5.41, 5.74) is 0.917. The van der Waals surface area contributed by atoms with Crippen molar-refractivity contribution in [3.05, 3.63) is 76.9 Å². The highest BCUT2D eigenvalue weighted by molar-refractivity contribution is 6.21. The molecule has 0 aromatic heterocycles. The molecule has 4 rings (SSSR count). The van der Waals surface area contributed by atoms with Crippen LogP contribution in [0.1, 0.15) is 12.5 Å². The molecule has 0 aliphatic carbocycles. The van der Waals surface area contributed by atoms with E-state index in [9.17, 15) is 19.6 Å². The fraction of sp³-hybridized carbons (Fsp3) is 0.0833. The Balaban J connectivity index is 2.04. The third-order valence-electron chi connectivity index (χ3n) is 5.22. The summed E-state index contributed by atoms with van der Waals surface area (Å²) in [4.78, 5) is 37.3. The first kappa shape index (κ1) is 19.1. The number of aliphatic carboxylic acids is 1. The van der Waals surface area contributed by atoms with Gasteiger partial charge in [-0.2, -0.15) is 5.26 Å². The minimum Gasteiger partial charge on any atom is -0.480 e. The zero-order valence-corrected chi connectivity index (χ0v) is 16.0. The van der Waals surface area contributed by atoms with Crippen molar-refractivity contribution in [1.29, 1.82) is 5.26 Å². The molecule has 0 unspecified atom stereocenters. The van der Waals surface area contributed by atoms with Crippen LogP contribution in [0.4, 0.5) is 0 Å². The molecule has 30 heavy (non-hydrogen) atoms. The highest BCUT2D eigenvalue weighted by Crippen LogP contribution is 2.33. The number of carboxylic acids is 1. The highest BCUT2D eigenvalue weighted by atomic mass is 16.4. The molecule has 6 heteroatoms. The standard InChI is InChI=1S/C24H16N2O4/c1-14-19(23(29)26(13-22(27)28)24(30)21(14)12-25)11-20-17-8-4-2-6-15(17)10-16-7-3-5-9-18(16)20/h2-11H,13H2,1H3,(H,27,28)/b19-11+. The first-order chi connectivity index (χ1) is 14.4. The maximum Gasteiger partial charge on any atom is 0.323 e. The number of fused-ring (bicyclic) bond motifs is 2. The number of carboxylic acid groups (broad SMARTS) is 1. The zero-order chi connectivity index (χ0) is 21.4. The molecule has 1 aliphatic heterocycles. The second kappa shape index (κ2) is 7.30. The van der Waals surface area contributed by atoms with Gasteiger partial charge in [0.25, 0.3) is 11.8 Å². The normalized spacial score (nSPS) is 15.9. The SMILES string of the molecule is CC1=C(C#N)C(=O)N(CC(=O)O)C(=O)/C1=C/c1c2ccccc2cc2ccccc12. The van der Waals surface area contributed by atoms with E-state index in [1.54, 1.807) is 6.08 Å². The number of benzene rings is 3. The Hall–Kier alpha value is -4.24. The van der Waals surface area contributed by atoms with E-state index in [-0.39, 0.29) is 16.7 Å². The Kier molecular flexibility index (Phi) is 4.65. The van der Waals surface area contributed by atoms with Gasteiger partial charge in [-0.1, -0.05) is 48.5 Å². The number of amides is 2. The summed E-state index contributed by atoms with van der Waals surface area (Å²) in [6.07, 6.45) is 1.65. The lowest BCUT2D eigenvalue weighted by atomic mass is 9.90. The van der Waals surface area contributed by atoms with Crippen molar-refractivity contribution >= 4 is 45.4 Å². The van der Waals surface area contributed by atoms with E-state index in [1.165, 1.54) is 6.92 Å². The van der Waals surface area contributed by atoms with E-state index < -0.39 is 24.3 Å². The van der Waals surface area contributed by atoms with Crippen LogP contribution in [-0.2, 0) is 14.4 Å². The van der Waals surface area contributed by atoms with Gasteiger partial charge in [0, 0.05) is 5.57 Å². The Labute approximate surface area is 171 Å². The van der Waals surface area contributed by atoms with Gasteiger partial charge in [0.1, 0.15) is 18.2 Å². The second-order valence-electron chi connectivity index (χ2n) is 6.99. The molecule has 0 saturated heterocycles. The van der Waals surface area contributed by atoms with E-state index in [1.807, 2.05) is 54.6 Å². The highest BCUT2D eigenvalue weighted by Gasteiger charge is 2.36. The largest absolute Gasteiger partial charge is 0.480 e. The first-order valence-electron chi connectivity index (χ1n) is 9.24. The molecular weight excluding hydrogens is 380 g/mol. The molecule has 0 saturated carbocycles. The lowest BCUT2D eigenvalue weighted by Crippen LogP contribution is -2.45. The van der Waals surface area contributed by atoms with Crippen molar-refractivity contribution in [2.24, 2.45) is 0 Å². The van der Waals surface area contributed by atoms with Crippen LogP contribution in [0.3, 0.4) is 0 Å². The summed E-state index contributed by atoms with van der Waals surface area (Å²) in [7, 11) is 0. The van der Waals surface area contributed by atoms with Crippen molar-refractivity contribution in [1.82, 2.24) is 4.90 Å². The summed E-state index contributed by atoms with van der Waals surface area (Å²) in [6, 6.07) is 19.3. The topological polar surface area (TPSA) is 98.5 Å². The molecule has 1 aliphatic rings. The number of carbonyl (C=O) groups is 3. The summed E-state index contributed by atoms with van der Waals surface area (Å²) >= 11 is 0. The molecule has 0 spiro atoms. The van der Waals surface area contributed by atoms with E-state index in [4.69, 9.17) is 5.11 Å². The van der Waals surface area contributed by atoms with Crippen molar-refractivity contribution in [2.75, 3.05) is 6.54 Å². The maximum atomic E-state index is 13.0. The monoisotopic (exact) mass is 396 g/mol. The van der Waals surface area contributed by atoms with E-state index in [2.05, 4.69) is 6.07 Å². The van der Waals surface area contributed by atoms with Gasteiger partial charge in [-0.05, 0) is 51.7 Å². The van der Waals surface area contributed by atoms with Gasteiger partial charge >= 0.3 is 5.97 Å². The van der Waals surface area contributed by atoms with Crippen LogP contribution in [0.15, 0.2) is 71.3 Å². The average molecular weight is 396 g/mol. The van der Waals surface area contributed by atoms with Gasteiger partial charge in [0.2, 0.25) is 0 Å². The molecular formula is C24H16N2O4. The molecule has 2 amide bonds. The van der Waals surface area contributed by atoms with Crippen LogP contribution in [0.25, 0.3) is 27.6 Å². The number of imide groups is 1. The van der Waals surface area contributed by atoms with Crippen LogP contribution in [0, 0.1) is 11.3 Å². The number of nitrogens with zero attached hydrogens (tertiary/aromatic N) is 2. The molecule has 0 fully saturated rings. The van der Waals surface area contributed by atoms with E-state index in [0.717, 1.165) is 27.1 Å². The number of hydrogen-bond donors (Lipinski definition) is 1. The summed E-state index contributed by atoms with van der Waals surface area (Å²) in [5, 5.41) is 22.3. The van der Waals surface area contributed by atoms with Gasteiger partial charge in [0.15, 0.2) is 0 Å². The lowest BCUT2D eigenvalue weighted by Gasteiger charge is -2.26. The molecule has 0 bridgehead atoms. The van der Waals surface area contributed by atoms with Crippen LogP contribution in [0.2, 0.25) is 0 Å². The van der Waals surface area contributed by atoms with Crippen molar-refractivity contribution in [3.8, 4) is 6.07 Å². The quantitative estimate of drug-likeness (QED) is 0.414. The predicted octanol–water partition coefficient (Wildman–Crippen LogP) is 3.67. The Morgan fingerprint density at radius 3 is 2.13 bits per heavy atom. The minimum absolute atomic E-state index is 0.133. The smallest absolute Gasteiger partial charge is 0.323 e. The number of hydrogen-bond acceptors (Lipinski definition) is 4. The van der Waals surface area contributed by atoms with E-state index in [0.29, 0.717) is 4.90 Å². The van der Waals surface area contributed by atoms with Gasteiger partial charge < -0.3 is 5.11 Å². The zero-order valence-electron chi connectivity index (χ0n) is 16.0. The first-order valence-corrected chi connectivity index (χ1v) is 9.24. The molecule has 1 N–H and O–H groups in total. The molecule has 3 aromatic rings. The van der Waals surface area contributed by atoms with Gasteiger partial charge in [0.05, 0.1) is 0 Å². The number of rotatable bonds is 3. The van der Waals surface area contributed by atoms with Crippen molar-refractivity contribution in [3.63, 3.8) is 0 Å². The Morgan fingerprint density at radius 2 is 1.60 bits per heavy atom.